The van der Waals surface area contributed by atoms with Gasteiger partial charge < -0.3 is 10.6 Å². The average molecular weight is 356 g/mol. The summed E-state index contributed by atoms with van der Waals surface area (Å²) >= 11 is 0. The predicted octanol–water partition coefficient (Wildman–Crippen LogP) is 3.25. The molecule has 1 aromatic carbocycles. The molecule has 4 heteroatoms. The number of amides is 1. The van der Waals surface area contributed by atoms with Crippen molar-refractivity contribution in [1.82, 2.24) is 15.5 Å². The number of likely N-dealkylation sites (tertiary alicyclic amines) is 1. The predicted molar refractivity (Wildman–Crippen MR) is 105 cm³/mol. The van der Waals surface area contributed by atoms with Gasteiger partial charge in [-0.2, -0.15) is 0 Å². The Kier molecular flexibility index (Phi) is 5.60. The summed E-state index contributed by atoms with van der Waals surface area (Å²) in [5.74, 6) is 0.974. The molecule has 26 heavy (non-hydrogen) atoms. The second-order valence-electron chi connectivity index (χ2n) is 8.51. The first-order chi connectivity index (χ1) is 12.7. The minimum absolute atomic E-state index is 0.0457. The highest BCUT2D eigenvalue weighted by molar-refractivity contribution is 5.82. The van der Waals surface area contributed by atoms with Gasteiger partial charge in [-0.1, -0.05) is 43.2 Å². The van der Waals surface area contributed by atoms with Gasteiger partial charge in [0.15, 0.2) is 0 Å². The van der Waals surface area contributed by atoms with E-state index in [1.807, 2.05) is 0 Å². The number of fused-ring (bicyclic) bond motifs is 1. The Morgan fingerprint density at radius 2 is 1.85 bits per heavy atom. The van der Waals surface area contributed by atoms with E-state index in [1.54, 1.807) is 0 Å². The molecule has 1 aromatic rings. The van der Waals surface area contributed by atoms with Crippen LogP contribution in [0.2, 0.25) is 0 Å². The molecule has 3 fully saturated rings. The number of carbonyl (C=O) groups excluding carboxylic acids is 1. The van der Waals surface area contributed by atoms with Crippen molar-refractivity contribution in [3.05, 3.63) is 35.9 Å². The summed E-state index contributed by atoms with van der Waals surface area (Å²) in [4.78, 5) is 15.2. The minimum atomic E-state index is 0.0457. The van der Waals surface area contributed by atoms with E-state index in [2.05, 4.69) is 52.8 Å². The number of piperidine rings is 1. The van der Waals surface area contributed by atoms with Crippen molar-refractivity contribution in [1.29, 1.82) is 0 Å². The fraction of sp³-hybridized carbons (Fsp3) is 0.682. The fourth-order valence-electron chi connectivity index (χ4n) is 5.20. The maximum atomic E-state index is 12.7. The summed E-state index contributed by atoms with van der Waals surface area (Å²) in [5.41, 5.74) is 1.38. The van der Waals surface area contributed by atoms with E-state index in [0.717, 1.165) is 38.3 Å². The molecule has 0 aromatic heterocycles. The molecule has 2 N–H and O–H groups in total. The lowest BCUT2D eigenvalue weighted by atomic mass is 9.85. The zero-order chi connectivity index (χ0) is 17.9. The summed E-state index contributed by atoms with van der Waals surface area (Å²) in [6.07, 6.45) is 8.38. The van der Waals surface area contributed by atoms with Crippen molar-refractivity contribution in [3.63, 3.8) is 0 Å². The van der Waals surface area contributed by atoms with Crippen LogP contribution in [0.4, 0.5) is 0 Å². The number of nitrogens with one attached hydrogen (secondary N) is 2. The second kappa shape index (κ2) is 8.10. The monoisotopic (exact) mass is 355 g/mol. The van der Waals surface area contributed by atoms with E-state index in [9.17, 15) is 4.79 Å². The third-order valence-electron chi connectivity index (χ3n) is 6.88. The van der Waals surface area contributed by atoms with Crippen molar-refractivity contribution in [2.45, 2.75) is 76.0 Å². The first kappa shape index (κ1) is 18.0. The van der Waals surface area contributed by atoms with Crippen LogP contribution in [0.25, 0.3) is 0 Å². The van der Waals surface area contributed by atoms with E-state index < -0.39 is 0 Å². The van der Waals surface area contributed by atoms with E-state index in [0.29, 0.717) is 18.1 Å². The van der Waals surface area contributed by atoms with Gasteiger partial charge in [-0.25, -0.2) is 0 Å². The maximum Gasteiger partial charge on any atom is 0.237 e. The molecule has 142 valence electrons. The van der Waals surface area contributed by atoms with Gasteiger partial charge in [0.25, 0.3) is 0 Å². The number of nitrogens with zero attached hydrogens (tertiary/aromatic N) is 1. The lowest BCUT2D eigenvalue weighted by Crippen LogP contribution is -2.50. The van der Waals surface area contributed by atoms with E-state index in [-0.39, 0.29) is 11.9 Å². The summed E-state index contributed by atoms with van der Waals surface area (Å²) < 4.78 is 0. The van der Waals surface area contributed by atoms with E-state index in [1.165, 1.54) is 31.2 Å². The molecule has 1 aliphatic carbocycles. The van der Waals surface area contributed by atoms with Crippen LogP contribution >= 0.6 is 0 Å². The van der Waals surface area contributed by atoms with Crippen LogP contribution in [0.1, 0.15) is 63.5 Å². The van der Waals surface area contributed by atoms with Crippen molar-refractivity contribution < 1.29 is 4.79 Å². The zero-order valence-electron chi connectivity index (χ0n) is 16.0. The fourth-order valence-corrected chi connectivity index (χ4v) is 5.20. The van der Waals surface area contributed by atoms with E-state index >= 15 is 0 Å². The molecule has 4 unspecified atom stereocenters. The Labute approximate surface area is 157 Å². The van der Waals surface area contributed by atoms with Gasteiger partial charge in [0.1, 0.15) is 0 Å². The molecule has 4 atom stereocenters. The summed E-state index contributed by atoms with van der Waals surface area (Å²) in [5, 5.41) is 6.95. The highest BCUT2D eigenvalue weighted by Gasteiger charge is 2.38. The molecule has 2 aliphatic heterocycles. The Balaban J connectivity index is 1.24. The number of carbonyl (C=O) groups is 1. The molecule has 0 bridgehead atoms. The number of hydrogen-bond acceptors (Lipinski definition) is 3. The average Bonchev–Trinajstić information content (AvgIpc) is 3.13. The lowest BCUT2D eigenvalue weighted by molar-refractivity contribution is -0.124. The first-order valence-electron chi connectivity index (χ1n) is 10.6. The molecule has 4 rings (SSSR count). The van der Waals surface area contributed by atoms with Gasteiger partial charge in [0.05, 0.1) is 6.04 Å². The number of benzene rings is 1. The third-order valence-corrected chi connectivity index (χ3v) is 6.88. The number of rotatable bonds is 4. The van der Waals surface area contributed by atoms with Crippen molar-refractivity contribution in [2.75, 3.05) is 13.1 Å². The number of hydrogen-bond donors (Lipinski definition) is 2. The van der Waals surface area contributed by atoms with Crippen molar-refractivity contribution in [3.8, 4) is 0 Å². The summed E-state index contributed by atoms with van der Waals surface area (Å²) in [6.45, 7) is 4.41. The molecule has 1 amide bonds. The molecule has 1 saturated carbocycles. The largest absolute Gasteiger partial charge is 0.352 e. The first-order valence-corrected chi connectivity index (χ1v) is 10.6. The summed E-state index contributed by atoms with van der Waals surface area (Å²) in [7, 11) is 0. The van der Waals surface area contributed by atoms with Crippen LogP contribution in [0, 0.1) is 5.92 Å². The summed E-state index contributed by atoms with van der Waals surface area (Å²) in [6, 6.07) is 12.2. The van der Waals surface area contributed by atoms with Gasteiger partial charge in [0.2, 0.25) is 5.91 Å². The molecule has 2 saturated heterocycles. The quantitative estimate of drug-likeness (QED) is 0.871. The van der Waals surface area contributed by atoms with Gasteiger partial charge in [0, 0.05) is 31.2 Å². The maximum absolute atomic E-state index is 12.7. The molecule has 3 aliphatic rings. The second-order valence-corrected chi connectivity index (χ2v) is 8.51. The van der Waals surface area contributed by atoms with Crippen LogP contribution in [0.15, 0.2) is 30.3 Å². The molecule has 4 nitrogen and oxygen atoms in total. The molecule has 0 radical (unpaired) electrons. The van der Waals surface area contributed by atoms with Crippen LogP contribution in [-0.2, 0) is 4.79 Å². The Morgan fingerprint density at radius 3 is 2.58 bits per heavy atom. The lowest BCUT2D eigenvalue weighted by Gasteiger charge is -2.36. The Hall–Kier alpha value is -1.39. The highest BCUT2D eigenvalue weighted by Crippen LogP contribution is 2.33. The van der Waals surface area contributed by atoms with Gasteiger partial charge in [-0.05, 0) is 50.5 Å². The SMILES string of the molecule is CC(c1ccccc1)N1CCC(NC(=O)C2CC3CCCCC3N2)CC1. The molecule has 2 heterocycles. The molecular weight excluding hydrogens is 322 g/mol. The third kappa shape index (κ3) is 3.96. The highest BCUT2D eigenvalue weighted by atomic mass is 16.2. The topological polar surface area (TPSA) is 44.4 Å². The minimum Gasteiger partial charge on any atom is -0.352 e. The standard InChI is InChI=1S/C22H33N3O/c1-16(17-7-3-2-4-8-17)25-13-11-19(12-14-25)23-22(26)21-15-18-9-5-6-10-20(18)24-21/h2-4,7-8,16,18-21,24H,5-6,9-15H2,1H3,(H,23,26). The zero-order valence-corrected chi connectivity index (χ0v) is 16.0. The van der Waals surface area contributed by atoms with Gasteiger partial charge >= 0.3 is 0 Å². The molecule has 0 spiro atoms. The van der Waals surface area contributed by atoms with Gasteiger partial charge in [-0.3, -0.25) is 9.69 Å². The Bertz CT molecular complexity index is 583. The van der Waals surface area contributed by atoms with Crippen LogP contribution in [0.3, 0.4) is 0 Å². The molecular formula is C22H33N3O. The van der Waals surface area contributed by atoms with Crippen LogP contribution < -0.4 is 10.6 Å². The van der Waals surface area contributed by atoms with Crippen LogP contribution in [-0.4, -0.2) is 42.0 Å². The van der Waals surface area contributed by atoms with Crippen LogP contribution in [0.5, 0.6) is 0 Å². The Morgan fingerprint density at radius 1 is 1.12 bits per heavy atom. The van der Waals surface area contributed by atoms with Crippen molar-refractivity contribution >= 4 is 5.91 Å². The van der Waals surface area contributed by atoms with Gasteiger partial charge in [-0.15, -0.1) is 0 Å². The smallest absolute Gasteiger partial charge is 0.237 e. The normalized spacial score (nSPS) is 31.3. The van der Waals surface area contributed by atoms with Crippen molar-refractivity contribution in [2.24, 2.45) is 5.92 Å². The van der Waals surface area contributed by atoms with E-state index in [4.69, 9.17) is 0 Å².